The fraction of sp³-hybridized carbons (Fsp3) is 0.500. The van der Waals surface area contributed by atoms with Crippen molar-refractivity contribution in [2.75, 3.05) is 20.2 Å². The molecule has 3 heteroatoms. The highest BCUT2D eigenvalue weighted by molar-refractivity contribution is 5.31. The van der Waals surface area contributed by atoms with Gasteiger partial charge in [-0.05, 0) is 43.1 Å². The number of halogens is 1. The number of rotatable bonds is 2. The van der Waals surface area contributed by atoms with Crippen molar-refractivity contribution in [3.8, 4) is 0 Å². The van der Waals surface area contributed by atoms with E-state index in [4.69, 9.17) is 4.74 Å². The highest BCUT2D eigenvalue weighted by Crippen LogP contribution is 2.26. The molecule has 0 fully saturated rings. The standard InChI is InChI=1S/C12H16FNO/c1-14-8-12-11-7-10(13)5-4-9(11)3-2-6-15-12/h4-5,7,12,14H,2-3,6,8H2,1H3/t12-/m0/s1. The Morgan fingerprint density at radius 1 is 1.53 bits per heavy atom. The molecule has 2 nitrogen and oxygen atoms in total. The second-order valence-electron chi connectivity index (χ2n) is 3.86. The second-order valence-corrected chi connectivity index (χ2v) is 3.86. The molecule has 0 spiro atoms. The van der Waals surface area contributed by atoms with Crippen LogP contribution in [0.5, 0.6) is 0 Å². The van der Waals surface area contributed by atoms with Gasteiger partial charge < -0.3 is 10.1 Å². The van der Waals surface area contributed by atoms with E-state index in [2.05, 4.69) is 5.32 Å². The van der Waals surface area contributed by atoms with Gasteiger partial charge in [0.15, 0.2) is 0 Å². The van der Waals surface area contributed by atoms with Crippen LogP contribution in [0.3, 0.4) is 0 Å². The monoisotopic (exact) mass is 209 g/mol. The highest BCUT2D eigenvalue weighted by atomic mass is 19.1. The van der Waals surface area contributed by atoms with E-state index >= 15 is 0 Å². The molecule has 1 aliphatic heterocycles. The Balaban J connectivity index is 2.33. The molecule has 2 rings (SSSR count). The Bertz CT molecular complexity index is 340. The second kappa shape index (κ2) is 4.73. The molecule has 1 atom stereocenters. The topological polar surface area (TPSA) is 21.3 Å². The molecule has 0 amide bonds. The summed E-state index contributed by atoms with van der Waals surface area (Å²) in [7, 11) is 1.88. The zero-order valence-electron chi connectivity index (χ0n) is 8.92. The van der Waals surface area contributed by atoms with Gasteiger partial charge in [-0.3, -0.25) is 0 Å². The van der Waals surface area contributed by atoms with Crippen LogP contribution in [0.25, 0.3) is 0 Å². The normalized spacial score (nSPS) is 20.8. The molecule has 0 radical (unpaired) electrons. The van der Waals surface area contributed by atoms with Crippen molar-refractivity contribution in [1.29, 1.82) is 0 Å². The molecule has 1 aromatic rings. The van der Waals surface area contributed by atoms with Gasteiger partial charge in [0.25, 0.3) is 0 Å². The van der Waals surface area contributed by atoms with Crippen molar-refractivity contribution in [3.05, 3.63) is 35.1 Å². The first kappa shape index (κ1) is 10.6. The van der Waals surface area contributed by atoms with E-state index in [1.54, 1.807) is 6.07 Å². The van der Waals surface area contributed by atoms with Crippen molar-refractivity contribution >= 4 is 0 Å². The number of fused-ring (bicyclic) bond motifs is 1. The van der Waals surface area contributed by atoms with Gasteiger partial charge in [0.05, 0.1) is 6.10 Å². The molecule has 82 valence electrons. The lowest BCUT2D eigenvalue weighted by molar-refractivity contribution is 0.0577. The van der Waals surface area contributed by atoms with Crippen LogP contribution in [0.4, 0.5) is 4.39 Å². The first-order valence-corrected chi connectivity index (χ1v) is 5.36. The third kappa shape index (κ3) is 2.36. The third-order valence-electron chi connectivity index (χ3n) is 2.75. The number of hydrogen-bond donors (Lipinski definition) is 1. The lowest BCUT2D eigenvalue weighted by atomic mass is 9.99. The Hall–Kier alpha value is -0.930. The van der Waals surface area contributed by atoms with E-state index in [1.807, 2.05) is 13.1 Å². The molecule has 0 bridgehead atoms. The van der Waals surface area contributed by atoms with Gasteiger partial charge in [-0.2, -0.15) is 0 Å². The summed E-state index contributed by atoms with van der Waals surface area (Å²) < 4.78 is 18.9. The maximum absolute atomic E-state index is 13.2. The summed E-state index contributed by atoms with van der Waals surface area (Å²) in [4.78, 5) is 0. The van der Waals surface area contributed by atoms with E-state index < -0.39 is 0 Å². The lowest BCUT2D eigenvalue weighted by Crippen LogP contribution is -2.20. The summed E-state index contributed by atoms with van der Waals surface area (Å²) in [6, 6.07) is 5.01. The SMILES string of the molecule is CNC[C@@H]1OCCCc2ccc(F)cc21. The number of nitrogens with one attached hydrogen (secondary N) is 1. The molecule has 1 aromatic carbocycles. The number of ether oxygens (including phenoxy) is 1. The Morgan fingerprint density at radius 2 is 2.40 bits per heavy atom. The Kier molecular flexibility index (Phi) is 3.34. The van der Waals surface area contributed by atoms with Crippen molar-refractivity contribution in [2.45, 2.75) is 18.9 Å². The van der Waals surface area contributed by atoms with Crippen LogP contribution in [0.15, 0.2) is 18.2 Å². The zero-order valence-corrected chi connectivity index (χ0v) is 8.92. The van der Waals surface area contributed by atoms with Crippen molar-refractivity contribution in [2.24, 2.45) is 0 Å². The van der Waals surface area contributed by atoms with Crippen LogP contribution in [0.2, 0.25) is 0 Å². The maximum atomic E-state index is 13.2. The largest absolute Gasteiger partial charge is 0.372 e. The first-order valence-electron chi connectivity index (χ1n) is 5.36. The fourth-order valence-electron chi connectivity index (χ4n) is 2.03. The van der Waals surface area contributed by atoms with E-state index in [0.29, 0.717) is 0 Å². The molecule has 0 aromatic heterocycles. The molecule has 1 heterocycles. The third-order valence-corrected chi connectivity index (χ3v) is 2.75. The van der Waals surface area contributed by atoms with Gasteiger partial charge in [0, 0.05) is 13.2 Å². The van der Waals surface area contributed by atoms with E-state index in [1.165, 1.54) is 11.6 Å². The van der Waals surface area contributed by atoms with Crippen LogP contribution in [0.1, 0.15) is 23.7 Å². The Morgan fingerprint density at radius 3 is 3.20 bits per heavy atom. The lowest BCUT2D eigenvalue weighted by Gasteiger charge is -2.17. The number of likely N-dealkylation sites (N-methyl/N-ethyl adjacent to an activating group) is 1. The van der Waals surface area contributed by atoms with Gasteiger partial charge in [-0.15, -0.1) is 0 Å². The molecular weight excluding hydrogens is 193 g/mol. The van der Waals surface area contributed by atoms with Crippen LogP contribution in [-0.2, 0) is 11.2 Å². The number of aryl methyl sites for hydroxylation is 1. The van der Waals surface area contributed by atoms with E-state index in [0.717, 1.165) is 31.6 Å². The van der Waals surface area contributed by atoms with Gasteiger partial charge in [0.2, 0.25) is 0 Å². The van der Waals surface area contributed by atoms with Crippen LogP contribution >= 0.6 is 0 Å². The molecular formula is C12H16FNO. The molecule has 1 aliphatic rings. The van der Waals surface area contributed by atoms with Crippen LogP contribution in [-0.4, -0.2) is 20.2 Å². The summed E-state index contributed by atoms with van der Waals surface area (Å²) >= 11 is 0. The van der Waals surface area contributed by atoms with Crippen molar-refractivity contribution in [1.82, 2.24) is 5.32 Å². The quantitative estimate of drug-likeness (QED) is 0.805. The van der Waals surface area contributed by atoms with Gasteiger partial charge in [-0.25, -0.2) is 4.39 Å². The van der Waals surface area contributed by atoms with E-state index in [-0.39, 0.29) is 11.9 Å². The molecule has 15 heavy (non-hydrogen) atoms. The van der Waals surface area contributed by atoms with Gasteiger partial charge in [0.1, 0.15) is 5.82 Å². The average Bonchev–Trinajstić information content (AvgIpc) is 2.42. The van der Waals surface area contributed by atoms with Crippen LogP contribution < -0.4 is 5.32 Å². The van der Waals surface area contributed by atoms with Gasteiger partial charge in [-0.1, -0.05) is 6.07 Å². The minimum atomic E-state index is -0.180. The van der Waals surface area contributed by atoms with Crippen molar-refractivity contribution in [3.63, 3.8) is 0 Å². The predicted molar refractivity (Wildman–Crippen MR) is 57.3 cm³/mol. The molecule has 0 unspecified atom stereocenters. The van der Waals surface area contributed by atoms with E-state index in [9.17, 15) is 4.39 Å². The maximum Gasteiger partial charge on any atom is 0.123 e. The first-order chi connectivity index (χ1) is 7.31. The zero-order chi connectivity index (χ0) is 10.7. The van der Waals surface area contributed by atoms with Gasteiger partial charge >= 0.3 is 0 Å². The highest BCUT2D eigenvalue weighted by Gasteiger charge is 2.18. The molecule has 1 N–H and O–H groups in total. The number of benzene rings is 1. The van der Waals surface area contributed by atoms with Crippen LogP contribution in [0, 0.1) is 5.82 Å². The summed E-state index contributed by atoms with van der Waals surface area (Å²) in [6.45, 7) is 1.49. The summed E-state index contributed by atoms with van der Waals surface area (Å²) in [5.74, 6) is -0.180. The minimum absolute atomic E-state index is 0.0109. The van der Waals surface area contributed by atoms with Crippen molar-refractivity contribution < 1.29 is 9.13 Å². The predicted octanol–water partition coefficient (Wildman–Crippen LogP) is 2.05. The molecule has 0 saturated heterocycles. The summed E-state index contributed by atoms with van der Waals surface area (Å²) in [5, 5.41) is 3.08. The summed E-state index contributed by atoms with van der Waals surface area (Å²) in [5.41, 5.74) is 2.22. The minimum Gasteiger partial charge on any atom is -0.372 e. The number of hydrogen-bond acceptors (Lipinski definition) is 2. The molecule has 0 aliphatic carbocycles. The average molecular weight is 209 g/mol. The Labute approximate surface area is 89.4 Å². The molecule has 0 saturated carbocycles. The summed E-state index contributed by atoms with van der Waals surface area (Å²) in [6.07, 6.45) is 1.98. The smallest absolute Gasteiger partial charge is 0.123 e. The fourth-order valence-corrected chi connectivity index (χ4v) is 2.03.